The molecule has 140 valence electrons. The van der Waals surface area contributed by atoms with Crippen LogP contribution in [0.4, 0.5) is 0 Å². The molecule has 0 bridgehead atoms. The maximum absolute atomic E-state index is 12.1. The Hall–Kier alpha value is -1.59. The van der Waals surface area contributed by atoms with Crippen LogP contribution in [-0.4, -0.2) is 31.6 Å². The Morgan fingerprint density at radius 1 is 1.24 bits per heavy atom. The topological polar surface area (TPSA) is 67.4 Å². The molecule has 0 saturated carbocycles. The Balaban J connectivity index is 0.00000312. The van der Waals surface area contributed by atoms with Gasteiger partial charge in [-0.25, -0.2) is 4.79 Å². The smallest absolute Gasteiger partial charge is 0.338 e. The van der Waals surface area contributed by atoms with Crippen LogP contribution in [0.3, 0.4) is 0 Å². The van der Waals surface area contributed by atoms with Gasteiger partial charge < -0.3 is 15.4 Å². The lowest BCUT2D eigenvalue weighted by Crippen LogP contribution is -2.33. The van der Waals surface area contributed by atoms with Crippen molar-refractivity contribution in [2.75, 3.05) is 19.7 Å². The molecule has 2 N–H and O–H groups in total. The maximum Gasteiger partial charge on any atom is 0.338 e. The van der Waals surface area contributed by atoms with Crippen LogP contribution in [0.25, 0.3) is 0 Å². The molecule has 0 radical (unpaired) electrons. The SMILES string of the molecule is CCOC(=O)c1ccc(CNC(=O)CC(C)C2CCNCC2)cc1.Cl. The second kappa shape index (κ2) is 11.1. The van der Waals surface area contributed by atoms with Gasteiger partial charge in [0.1, 0.15) is 0 Å². The molecule has 6 heteroatoms. The number of nitrogens with one attached hydrogen (secondary N) is 2. The molecule has 0 spiro atoms. The fourth-order valence-corrected chi connectivity index (χ4v) is 3.12. The van der Waals surface area contributed by atoms with Crippen LogP contribution in [0.15, 0.2) is 24.3 Å². The summed E-state index contributed by atoms with van der Waals surface area (Å²) < 4.78 is 4.95. The Bertz CT molecular complexity index is 542. The number of piperidine rings is 1. The van der Waals surface area contributed by atoms with E-state index in [0.29, 0.717) is 37.0 Å². The average Bonchev–Trinajstić information content (AvgIpc) is 2.61. The zero-order valence-electron chi connectivity index (χ0n) is 15.0. The fraction of sp³-hybridized carbons (Fsp3) is 0.579. The number of halogens is 1. The molecule has 1 aromatic rings. The van der Waals surface area contributed by atoms with Crippen LogP contribution in [0.5, 0.6) is 0 Å². The van der Waals surface area contributed by atoms with E-state index in [4.69, 9.17) is 4.74 Å². The van der Waals surface area contributed by atoms with E-state index in [1.807, 2.05) is 12.1 Å². The van der Waals surface area contributed by atoms with E-state index in [1.165, 1.54) is 0 Å². The van der Waals surface area contributed by atoms with Crippen molar-refractivity contribution in [3.05, 3.63) is 35.4 Å². The lowest BCUT2D eigenvalue weighted by molar-refractivity contribution is -0.122. The van der Waals surface area contributed by atoms with Gasteiger partial charge in [-0.15, -0.1) is 12.4 Å². The molecule has 1 aliphatic heterocycles. The Labute approximate surface area is 156 Å². The Morgan fingerprint density at radius 3 is 2.48 bits per heavy atom. The summed E-state index contributed by atoms with van der Waals surface area (Å²) in [4.78, 5) is 23.7. The number of esters is 1. The average molecular weight is 369 g/mol. The predicted molar refractivity (Wildman–Crippen MR) is 101 cm³/mol. The van der Waals surface area contributed by atoms with Crippen LogP contribution in [0, 0.1) is 11.8 Å². The van der Waals surface area contributed by atoms with E-state index in [-0.39, 0.29) is 24.3 Å². The highest BCUT2D eigenvalue weighted by atomic mass is 35.5. The molecule has 1 amide bonds. The van der Waals surface area contributed by atoms with E-state index in [1.54, 1.807) is 19.1 Å². The lowest BCUT2D eigenvalue weighted by atomic mass is 9.84. The molecule has 1 atom stereocenters. The van der Waals surface area contributed by atoms with Gasteiger partial charge in [-0.1, -0.05) is 19.1 Å². The van der Waals surface area contributed by atoms with Gasteiger partial charge >= 0.3 is 5.97 Å². The Kier molecular flexibility index (Phi) is 9.53. The summed E-state index contributed by atoms with van der Waals surface area (Å²) in [5, 5.41) is 6.33. The molecule has 5 nitrogen and oxygen atoms in total. The van der Waals surface area contributed by atoms with Gasteiger partial charge in [0.25, 0.3) is 0 Å². The number of hydrogen-bond donors (Lipinski definition) is 2. The van der Waals surface area contributed by atoms with E-state index in [9.17, 15) is 9.59 Å². The number of rotatable bonds is 7. The van der Waals surface area contributed by atoms with Gasteiger partial charge in [0.2, 0.25) is 5.91 Å². The highest BCUT2D eigenvalue weighted by Gasteiger charge is 2.21. The van der Waals surface area contributed by atoms with E-state index in [0.717, 1.165) is 31.5 Å². The van der Waals surface area contributed by atoms with Gasteiger partial charge in [-0.3, -0.25) is 4.79 Å². The number of amides is 1. The summed E-state index contributed by atoms with van der Waals surface area (Å²) in [5.41, 5.74) is 1.51. The van der Waals surface area contributed by atoms with Gasteiger partial charge in [0.15, 0.2) is 0 Å². The van der Waals surface area contributed by atoms with Crippen molar-refractivity contribution >= 4 is 24.3 Å². The maximum atomic E-state index is 12.1. The zero-order chi connectivity index (χ0) is 17.4. The number of ether oxygens (including phenoxy) is 1. The number of benzene rings is 1. The van der Waals surface area contributed by atoms with Gasteiger partial charge in [-0.2, -0.15) is 0 Å². The summed E-state index contributed by atoms with van der Waals surface area (Å²) >= 11 is 0. The third kappa shape index (κ3) is 7.04. The van der Waals surface area contributed by atoms with Crippen LogP contribution in [-0.2, 0) is 16.1 Å². The number of carbonyl (C=O) groups excluding carboxylic acids is 2. The third-order valence-corrected chi connectivity index (χ3v) is 4.65. The van der Waals surface area contributed by atoms with Gasteiger partial charge in [0, 0.05) is 13.0 Å². The number of hydrogen-bond acceptors (Lipinski definition) is 4. The molecule has 0 aliphatic carbocycles. The molecular weight excluding hydrogens is 340 g/mol. The first-order valence-electron chi connectivity index (χ1n) is 8.83. The monoisotopic (exact) mass is 368 g/mol. The molecule has 1 saturated heterocycles. The molecule has 1 heterocycles. The van der Waals surface area contributed by atoms with Crippen LogP contribution >= 0.6 is 12.4 Å². The molecule has 1 aromatic carbocycles. The zero-order valence-corrected chi connectivity index (χ0v) is 15.9. The van der Waals surface area contributed by atoms with Crippen molar-refractivity contribution in [1.29, 1.82) is 0 Å². The standard InChI is InChI=1S/C19H28N2O3.ClH/c1-3-24-19(23)17-6-4-15(5-7-17)13-21-18(22)12-14(2)16-8-10-20-11-9-16;/h4-7,14,16,20H,3,8-13H2,1-2H3,(H,21,22);1H. The normalized spacial score (nSPS) is 15.8. The quantitative estimate of drug-likeness (QED) is 0.726. The lowest BCUT2D eigenvalue weighted by Gasteiger charge is -2.27. The van der Waals surface area contributed by atoms with Crippen molar-refractivity contribution in [1.82, 2.24) is 10.6 Å². The highest BCUT2D eigenvalue weighted by molar-refractivity contribution is 5.89. The molecule has 25 heavy (non-hydrogen) atoms. The van der Waals surface area contributed by atoms with E-state index >= 15 is 0 Å². The summed E-state index contributed by atoms with van der Waals surface area (Å²) in [5.74, 6) is 0.832. The minimum atomic E-state index is -0.316. The highest BCUT2D eigenvalue weighted by Crippen LogP contribution is 2.24. The Morgan fingerprint density at radius 2 is 1.88 bits per heavy atom. The third-order valence-electron chi connectivity index (χ3n) is 4.65. The molecule has 1 aliphatic rings. The summed E-state index contributed by atoms with van der Waals surface area (Å²) in [7, 11) is 0. The summed E-state index contributed by atoms with van der Waals surface area (Å²) in [6.07, 6.45) is 2.89. The van der Waals surface area contributed by atoms with E-state index < -0.39 is 0 Å². The molecule has 2 rings (SSSR count). The van der Waals surface area contributed by atoms with Crippen molar-refractivity contribution in [2.45, 2.75) is 39.7 Å². The van der Waals surface area contributed by atoms with Crippen molar-refractivity contribution in [3.63, 3.8) is 0 Å². The first-order valence-corrected chi connectivity index (χ1v) is 8.83. The second-order valence-electron chi connectivity index (χ2n) is 6.46. The van der Waals surface area contributed by atoms with Crippen LogP contribution in [0.1, 0.15) is 49.0 Å². The van der Waals surface area contributed by atoms with Gasteiger partial charge in [-0.05, 0) is 62.4 Å². The molecule has 0 aromatic heterocycles. The fourth-order valence-electron chi connectivity index (χ4n) is 3.12. The van der Waals surface area contributed by atoms with Crippen molar-refractivity contribution < 1.29 is 14.3 Å². The number of carbonyl (C=O) groups is 2. The first-order chi connectivity index (χ1) is 11.6. The first kappa shape index (κ1) is 21.5. The van der Waals surface area contributed by atoms with Crippen molar-refractivity contribution in [2.24, 2.45) is 11.8 Å². The largest absolute Gasteiger partial charge is 0.462 e. The minimum absolute atomic E-state index is 0. The van der Waals surface area contributed by atoms with Crippen molar-refractivity contribution in [3.8, 4) is 0 Å². The molecular formula is C19H29ClN2O3. The second-order valence-corrected chi connectivity index (χ2v) is 6.46. The minimum Gasteiger partial charge on any atom is -0.462 e. The van der Waals surface area contributed by atoms with Crippen LogP contribution in [0.2, 0.25) is 0 Å². The molecule has 1 fully saturated rings. The van der Waals surface area contributed by atoms with E-state index in [2.05, 4.69) is 17.6 Å². The van der Waals surface area contributed by atoms with Gasteiger partial charge in [0.05, 0.1) is 12.2 Å². The van der Waals surface area contributed by atoms with Crippen LogP contribution < -0.4 is 10.6 Å². The predicted octanol–water partition coefficient (Wildman–Crippen LogP) is 2.93. The summed E-state index contributed by atoms with van der Waals surface area (Å²) in [6.45, 7) is 6.93. The summed E-state index contributed by atoms with van der Waals surface area (Å²) in [6, 6.07) is 7.17. The molecule has 1 unspecified atom stereocenters.